The molecular weight excluding hydrogens is 400 g/mol. The molecule has 5 aromatic rings. The Labute approximate surface area is 185 Å². The number of hydrogen-bond acceptors (Lipinski definition) is 5. The highest BCUT2D eigenvalue weighted by Gasteiger charge is 2.23. The van der Waals surface area contributed by atoms with Crippen molar-refractivity contribution < 1.29 is 8.83 Å². The average molecular weight is 425 g/mol. The van der Waals surface area contributed by atoms with Crippen molar-refractivity contribution in [1.29, 1.82) is 0 Å². The van der Waals surface area contributed by atoms with Crippen LogP contribution < -0.4 is 5.73 Å². The summed E-state index contributed by atoms with van der Waals surface area (Å²) in [5.41, 5.74) is 11.5. The van der Waals surface area contributed by atoms with Gasteiger partial charge in [0.25, 0.3) is 0 Å². The first-order valence-electron chi connectivity index (χ1n) is 11.1. The van der Waals surface area contributed by atoms with Crippen molar-refractivity contribution in [3.05, 3.63) is 67.3 Å². The molecule has 0 spiro atoms. The van der Waals surface area contributed by atoms with Gasteiger partial charge in [-0.2, -0.15) is 0 Å². The number of oxazole rings is 1. The molecule has 0 unspecified atom stereocenters. The molecular formula is C26H24N4O2. The molecule has 160 valence electrons. The zero-order valence-electron chi connectivity index (χ0n) is 17.7. The number of aromatic nitrogens is 3. The molecule has 0 saturated heterocycles. The number of nitrogens with zero attached hydrogens (tertiary/aromatic N) is 3. The van der Waals surface area contributed by atoms with E-state index >= 15 is 0 Å². The van der Waals surface area contributed by atoms with Crippen molar-refractivity contribution in [3.8, 4) is 34.2 Å². The molecule has 3 heterocycles. The number of nitrogen functional groups attached to an aromatic ring is 1. The molecule has 0 radical (unpaired) electrons. The number of nitrogens with two attached hydrogens (primary N) is 1. The second-order valence-corrected chi connectivity index (χ2v) is 8.46. The smallest absolute Gasteiger partial charge is 0.226 e. The lowest BCUT2D eigenvalue weighted by molar-refractivity contribution is 0.362. The van der Waals surface area contributed by atoms with Crippen LogP contribution in [0.15, 0.2) is 76.1 Å². The molecule has 1 aliphatic rings. The molecule has 0 amide bonds. The first-order chi connectivity index (χ1) is 15.8. The largest absolute Gasteiger partial charge is 0.472 e. The summed E-state index contributed by atoms with van der Waals surface area (Å²) in [5, 5.41) is 0. The van der Waals surface area contributed by atoms with E-state index in [2.05, 4.69) is 27.8 Å². The van der Waals surface area contributed by atoms with Crippen molar-refractivity contribution in [2.24, 2.45) is 0 Å². The van der Waals surface area contributed by atoms with Crippen LogP contribution in [0.25, 0.3) is 45.2 Å². The number of anilines is 1. The van der Waals surface area contributed by atoms with Gasteiger partial charge in [0.1, 0.15) is 12.1 Å². The number of furan rings is 1. The fraction of sp³-hybridized carbons (Fsp3) is 0.231. The van der Waals surface area contributed by atoms with Gasteiger partial charge in [-0.25, -0.2) is 9.97 Å². The Balaban J connectivity index is 1.42. The van der Waals surface area contributed by atoms with Gasteiger partial charge in [-0.3, -0.25) is 0 Å². The van der Waals surface area contributed by atoms with Crippen LogP contribution >= 0.6 is 0 Å². The van der Waals surface area contributed by atoms with Crippen molar-refractivity contribution in [2.75, 3.05) is 5.73 Å². The molecule has 2 aromatic carbocycles. The second kappa shape index (κ2) is 7.71. The zero-order chi connectivity index (χ0) is 21.5. The monoisotopic (exact) mass is 424 g/mol. The van der Waals surface area contributed by atoms with E-state index in [9.17, 15) is 0 Å². The van der Waals surface area contributed by atoms with Gasteiger partial charge >= 0.3 is 0 Å². The van der Waals surface area contributed by atoms with Gasteiger partial charge in [-0.05, 0) is 61.4 Å². The lowest BCUT2D eigenvalue weighted by atomic mass is 9.95. The van der Waals surface area contributed by atoms with Crippen LogP contribution in [0.1, 0.15) is 38.1 Å². The maximum Gasteiger partial charge on any atom is 0.226 e. The summed E-state index contributed by atoms with van der Waals surface area (Å²) in [4.78, 5) is 9.52. The van der Waals surface area contributed by atoms with E-state index < -0.39 is 0 Å². The van der Waals surface area contributed by atoms with Gasteiger partial charge in [0, 0.05) is 22.9 Å². The molecule has 1 aliphatic carbocycles. The molecule has 6 heteroatoms. The molecule has 0 bridgehead atoms. The van der Waals surface area contributed by atoms with E-state index in [-0.39, 0.29) is 0 Å². The topological polar surface area (TPSA) is 83.0 Å². The zero-order valence-corrected chi connectivity index (χ0v) is 17.7. The highest BCUT2D eigenvalue weighted by molar-refractivity contribution is 5.84. The standard InChI is InChI=1S/C26H24N4O2/c27-20-9-6-17(7-10-20)24-15-28-26(32-24)18-8-11-23-22(14-18)29-25(19-12-13-31-16-19)30(23)21-4-2-1-3-5-21/h6-16,21H,1-5,27H2. The highest BCUT2D eigenvalue weighted by atomic mass is 16.4. The Bertz CT molecular complexity index is 1360. The van der Waals surface area contributed by atoms with E-state index in [1.54, 1.807) is 18.7 Å². The fourth-order valence-corrected chi connectivity index (χ4v) is 4.72. The van der Waals surface area contributed by atoms with Gasteiger partial charge in [-0.1, -0.05) is 19.3 Å². The second-order valence-electron chi connectivity index (χ2n) is 8.46. The summed E-state index contributed by atoms with van der Waals surface area (Å²) in [5.74, 6) is 2.26. The molecule has 0 aliphatic heterocycles. The predicted octanol–water partition coefficient (Wildman–Crippen LogP) is 6.71. The van der Waals surface area contributed by atoms with Crippen LogP contribution in [0.2, 0.25) is 0 Å². The SMILES string of the molecule is Nc1ccc(-c2cnc(-c3ccc4c(c3)nc(-c3ccoc3)n4C3CCCCC3)o2)cc1. The van der Waals surface area contributed by atoms with Gasteiger partial charge in [-0.15, -0.1) is 0 Å². The van der Waals surface area contributed by atoms with E-state index in [0.717, 1.165) is 39.2 Å². The van der Waals surface area contributed by atoms with Crippen molar-refractivity contribution in [3.63, 3.8) is 0 Å². The van der Waals surface area contributed by atoms with Gasteiger partial charge < -0.3 is 19.1 Å². The molecule has 0 atom stereocenters. The Kier molecular flexibility index (Phi) is 4.56. The summed E-state index contributed by atoms with van der Waals surface area (Å²) >= 11 is 0. The summed E-state index contributed by atoms with van der Waals surface area (Å²) < 4.78 is 13.8. The van der Waals surface area contributed by atoms with E-state index in [1.807, 2.05) is 30.3 Å². The summed E-state index contributed by atoms with van der Waals surface area (Å²) in [6.07, 6.45) is 11.4. The Morgan fingerprint density at radius 2 is 1.72 bits per heavy atom. The predicted molar refractivity (Wildman–Crippen MR) is 125 cm³/mol. The van der Waals surface area contributed by atoms with E-state index in [1.165, 1.54) is 32.1 Å². The lowest BCUT2D eigenvalue weighted by Gasteiger charge is -2.25. The van der Waals surface area contributed by atoms with E-state index in [4.69, 9.17) is 19.6 Å². The van der Waals surface area contributed by atoms with Crippen LogP contribution in [0.5, 0.6) is 0 Å². The third-order valence-corrected chi connectivity index (χ3v) is 6.36. The lowest BCUT2D eigenvalue weighted by Crippen LogP contribution is -2.13. The minimum absolute atomic E-state index is 0.461. The molecule has 6 rings (SSSR count). The number of hydrogen-bond donors (Lipinski definition) is 1. The van der Waals surface area contributed by atoms with Crippen LogP contribution in [-0.4, -0.2) is 14.5 Å². The quantitative estimate of drug-likeness (QED) is 0.324. The number of benzene rings is 2. The highest BCUT2D eigenvalue weighted by Crippen LogP contribution is 2.37. The number of imidazole rings is 1. The van der Waals surface area contributed by atoms with Crippen LogP contribution in [0.4, 0.5) is 5.69 Å². The minimum atomic E-state index is 0.461. The molecule has 1 fully saturated rings. The van der Waals surface area contributed by atoms with Crippen molar-refractivity contribution in [2.45, 2.75) is 38.1 Å². The van der Waals surface area contributed by atoms with Crippen LogP contribution in [-0.2, 0) is 0 Å². The Morgan fingerprint density at radius 3 is 2.50 bits per heavy atom. The Morgan fingerprint density at radius 1 is 0.906 bits per heavy atom. The third kappa shape index (κ3) is 3.28. The van der Waals surface area contributed by atoms with Crippen molar-refractivity contribution in [1.82, 2.24) is 14.5 Å². The summed E-state index contributed by atoms with van der Waals surface area (Å²) in [7, 11) is 0. The van der Waals surface area contributed by atoms with Crippen molar-refractivity contribution >= 4 is 16.7 Å². The molecule has 32 heavy (non-hydrogen) atoms. The van der Waals surface area contributed by atoms with Crippen LogP contribution in [0, 0.1) is 0 Å². The summed E-state index contributed by atoms with van der Waals surface area (Å²) in [6.45, 7) is 0. The number of fused-ring (bicyclic) bond motifs is 1. The molecule has 2 N–H and O–H groups in total. The Hall–Kier alpha value is -3.80. The first-order valence-corrected chi connectivity index (χ1v) is 11.1. The minimum Gasteiger partial charge on any atom is -0.472 e. The van der Waals surface area contributed by atoms with Gasteiger partial charge in [0.2, 0.25) is 5.89 Å². The molecule has 6 nitrogen and oxygen atoms in total. The fourth-order valence-electron chi connectivity index (χ4n) is 4.72. The molecule has 3 aromatic heterocycles. The van der Waals surface area contributed by atoms with Gasteiger partial charge in [0.05, 0.1) is 29.1 Å². The van der Waals surface area contributed by atoms with Gasteiger partial charge in [0.15, 0.2) is 5.76 Å². The maximum atomic E-state index is 6.07. The molecule has 1 saturated carbocycles. The third-order valence-electron chi connectivity index (χ3n) is 6.36. The summed E-state index contributed by atoms with van der Waals surface area (Å²) in [6, 6.07) is 16.3. The number of rotatable bonds is 4. The maximum absolute atomic E-state index is 6.07. The van der Waals surface area contributed by atoms with Crippen LogP contribution in [0.3, 0.4) is 0 Å². The normalized spacial score (nSPS) is 14.9. The first kappa shape index (κ1) is 18.9. The average Bonchev–Trinajstić information content (AvgIpc) is 3.59. The van der Waals surface area contributed by atoms with E-state index in [0.29, 0.717) is 17.7 Å².